The summed E-state index contributed by atoms with van der Waals surface area (Å²) in [6.07, 6.45) is 7.54. The number of carbonyl (C=O) groups is 1. The SMILES string of the molecule is Cc1cn2c3nc(ccc13)OCCCCC(=O)c1nn(cc(O)c1=O)CCCCC2. The number of hydrogen-bond donors (Lipinski definition) is 1. The third-order valence-electron chi connectivity index (χ3n) is 5.44. The molecule has 3 aromatic rings. The summed E-state index contributed by atoms with van der Waals surface area (Å²) in [4.78, 5) is 29.3. The number of Topliss-reactive ketones (excluding diaryl/α,β-unsaturated/α-hetero) is 1. The second-order valence-corrected chi connectivity index (χ2v) is 7.77. The maximum atomic E-state index is 12.4. The van der Waals surface area contributed by atoms with Gasteiger partial charge >= 0.3 is 0 Å². The Morgan fingerprint density at radius 1 is 1.03 bits per heavy atom. The van der Waals surface area contributed by atoms with E-state index < -0.39 is 11.2 Å². The van der Waals surface area contributed by atoms with Gasteiger partial charge in [0.1, 0.15) is 5.65 Å². The molecule has 1 aliphatic heterocycles. The lowest BCUT2D eigenvalue weighted by atomic mass is 10.1. The number of fused-ring (bicyclic) bond motifs is 3. The zero-order valence-corrected chi connectivity index (χ0v) is 17.1. The minimum atomic E-state index is -0.699. The Morgan fingerprint density at radius 2 is 1.87 bits per heavy atom. The highest BCUT2D eigenvalue weighted by molar-refractivity contribution is 5.94. The Morgan fingerprint density at radius 3 is 2.73 bits per heavy atom. The van der Waals surface area contributed by atoms with Gasteiger partial charge in [-0.15, -0.1) is 0 Å². The van der Waals surface area contributed by atoms with Crippen LogP contribution in [0.3, 0.4) is 0 Å². The van der Waals surface area contributed by atoms with Crippen molar-refractivity contribution in [3.05, 3.63) is 46.0 Å². The molecule has 4 heterocycles. The number of nitrogens with zero attached hydrogens (tertiary/aromatic N) is 4. The van der Waals surface area contributed by atoms with Crippen molar-refractivity contribution in [2.75, 3.05) is 6.61 Å². The number of carbonyl (C=O) groups excluding carboxylic acids is 1. The zero-order chi connectivity index (χ0) is 21.1. The van der Waals surface area contributed by atoms with E-state index in [0.717, 1.165) is 36.8 Å². The van der Waals surface area contributed by atoms with Gasteiger partial charge in [0.2, 0.25) is 5.88 Å². The van der Waals surface area contributed by atoms with E-state index in [1.54, 1.807) is 0 Å². The quantitative estimate of drug-likeness (QED) is 0.611. The highest BCUT2D eigenvalue weighted by atomic mass is 16.5. The number of ketones is 1. The Hall–Kier alpha value is -3.16. The first kappa shape index (κ1) is 20.1. The predicted molar refractivity (Wildman–Crippen MR) is 112 cm³/mol. The highest BCUT2D eigenvalue weighted by Gasteiger charge is 2.17. The van der Waals surface area contributed by atoms with E-state index in [0.29, 0.717) is 31.9 Å². The summed E-state index contributed by atoms with van der Waals surface area (Å²) in [6, 6.07) is 3.92. The Bertz CT molecular complexity index is 1130. The van der Waals surface area contributed by atoms with Crippen molar-refractivity contribution in [3.8, 4) is 11.6 Å². The fraction of sp³-hybridized carbons (Fsp3) is 0.455. The summed E-state index contributed by atoms with van der Waals surface area (Å²) < 4.78 is 9.45. The summed E-state index contributed by atoms with van der Waals surface area (Å²) >= 11 is 0. The molecule has 30 heavy (non-hydrogen) atoms. The molecule has 4 bridgehead atoms. The van der Waals surface area contributed by atoms with Crippen molar-refractivity contribution in [2.24, 2.45) is 0 Å². The van der Waals surface area contributed by atoms with Crippen LogP contribution in [0.2, 0.25) is 0 Å². The number of aromatic hydroxyl groups is 1. The number of aryl methyl sites for hydroxylation is 3. The molecule has 0 radical (unpaired) electrons. The number of pyridine rings is 1. The van der Waals surface area contributed by atoms with Gasteiger partial charge in [-0.2, -0.15) is 10.1 Å². The summed E-state index contributed by atoms with van der Waals surface area (Å²) in [7, 11) is 0. The Kier molecular flexibility index (Phi) is 5.83. The van der Waals surface area contributed by atoms with Crippen LogP contribution in [0.5, 0.6) is 11.6 Å². The Balaban J connectivity index is 1.57. The van der Waals surface area contributed by atoms with Crippen molar-refractivity contribution in [2.45, 2.75) is 58.5 Å². The minimum absolute atomic E-state index is 0.184. The molecule has 1 aliphatic rings. The molecule has 0 aliphatic carbocycles. The van der Waals surface area contributed by atoms with Gasteiger partial charge in [0.15, 0.2) is 17.2 Å². The molecule has 8 nitrogen and oxygen atoms in total. The molecule has 0 fully saturated rings. The molecule has 0 saturated carbocycles. The summed E-state index contributed by atoms with van der Waals surface area (Å²) in [5.74, 6) is -0.203. The lowest BCUT2D eigenvalue weighted by Crippen LogP contribution is -2.22. The molecular formula is C22H26N4O4. The molecule has 0 amide bonds. The fourth-order valence-corrected chi connectivity index (χ4v) is 3.81. The van der Waals surface area contributed by atoms with Crippen LogP contribution in [-0.2, 0) is 13.1 Å². The number of aromatic nitrogens is 4. The molecule has 0 aromatic carbocycles. The highest BCUT2D eigenvalue weighted by Crippen LogP contribution is 2.23. The van der Waals surface area contributed by atoms with Gasteiger partial charge in [0.05, 0.1) is 12.8 Å². The number of ether oxygens (including phenoxy) is 1. The second-order valence-electron chi connectivity index (χ2n) is 7.77. The van der Waals surface area contributed by atoms with E-state index in [-0.39, 0.29) is 17.9 Å². The van der Waals surface area contributed by atoms with Crippen LogP contribution in [0.4, 0.5) is 0 Å². The minimum Gasteiger partial charge on any atom is -0.503 e. The first-order valence-corrected chi connectivity index (χ1v) is 10.5. The van der Waals surface area contributed by atoms with Crippen LogP contribution < -0.4 is 10.2 Å². The third kappa shape index (κ3) is 4.22. The summed E-state index contributed by atoms with van der Waals surface area (Å²) in [6.45, 7) is 3.89. The first-order chi connectivity index (χ1) is 14.5. The van der Waals surface area contributed by atoms with Gasteiger partial charge in [-0.05, 0) is 50.7 Å². The van der Waals surface area contributed by atoms with Crippen molar-refractivity contribution in [1.82, 2.24) is 19.3 Å². The van der Waals surface area contributed by atoms with Crippen molar-refractivity contribution >= 4 is 16.8 Å². The molecule has 3 aromatic heterocycles. The molecule has 0 spiro atoms. The molecule has 1 N–H and O–H groups in total. The van der Waals surface area contributed by atoms with Crippen molar-refractivity contribution in [1.29, 1.82) is 0 Å². The van der Waals surface area contributed by atoms with Crippen LogP contribution >= 0.6 is 0 Å². The molecule has 158 valence electrons. The lowest BCUT2D eigenvalue weighted by molar-refractivity contribution is 0.0968. The molecular weight excluding hydrogens is 384 g/mol. The molecule has 8 heteroatoms. The number of rotatable bonds is 0. The standard InChI is InChI=1S/C22H26N4O4/c1-15-13-25-10-4-2-5-11-26-14-18(28)21(29)20(24-26)17(27)7-3-6-12-30-19-9-8-16(15)22(25)23-19/h8-9,13-14,28H,2-7,10-12H2,1H3. The van der Waals surface area contributed by atoms with Crippen molar-refractivity contribution in [3.63, 3.8) is 0 Å². The molecule has 4 rings (SSSR count). The van der Waals surface area contributed by atoms with Crippen LogP contribution in [0.1, 0.15) is 54.6 Å². The van der Waals surface area contributed by atoms with Gasteiger partial charge < -0.3 is 14.4 Å². The normalized spacial score (nSPS) is 16.2. The van der Waals surface area contributed by atoms with Gasteiger partial charge in [0, 0.05) is 37.2 Å². The fourth-order valence-electron chi connectivity index (χ4n) is 3.81. The monoisotopic (exact) mass is 410 g/mol. The van der Waals surface area contributed by atoms with Crippen LogP contribution in [-0.4, -0.2) is 36.8 Å². The molecule has 0 unspecified atom stereocenters. The van der Waals surface area contributed by atoms with Crippen LogP contribution in [0, 0.1) is 6.92 Å². The second kappa shape index (κ2) is 8.69. The average molecular weight is 410 g/mol. The zero-order valence-electron chi connectivity index (χ0n) is 17.1. The summed E-state index contributed by atoms with van der Waals surface area (Å²) in [5, 5.41) is 15.2. The smallest absolute Gasteiger partial charge is 0.252 e. The number of hydrogen-bond acceptors (Lipinski definition) is 6. The molecule has 0 atom stereocenters. The predicted octanol–water partition coefficient (Wildman–Crippen LogP) is 3.22. The van der Waals surface area contributed by atoms with Crippen molar-refractivity contribution < 1.29 is 14.6 Å². The van der Waals surface area contributed by atoms with Gasteiger partial charge in [-0.25, -0.2) is 0 Å². The van der Waals surface area contributed by atoms with E-state index in [1.807, 2.05) is 12.1 Å². The van der Waals surface area contributed by atoms with E-state index >= 15 is 0 Å². The van der Waals surface area contributed by atoms with Crippen LogP contribution in [0.15, 0.2) is 29.3 Å². The van der Waals surface area contributed by atoms with Crippen LogP contribution in [0.25, 0.3) is 11.0 Å². The molecule has 0 saturated heterocycles. The first-order valence-electron chi connectivity index (χ1n) is 10.5. The lowest BCUT2D eigenvalue weighted by Gasteiger charge is -2.10. The van der Waals surface area contributed by atoms with E-state index in [1.165, 1.54) is 16.4 Å². The van der Waals surface area contributed by atoms with Gasteiger partial charge in [0.25, 0.3) is 5.43 Å². The van der Waals surface area contributed by atoms with E-state index in [2.05, 4.69) is 27.8 Å². The van der Waals surface area contributed by atoms with Gasteiger partial charge in [-0.1, -0.05) is 0 Å². The maximum Gasteiger partial charge on any atom is 0.252 e. The summed E-state index contributed by atoms with van der Waals surface area (Å²) in [5.41, 5.74) is 1.23. The topological polar surface area (TPSA) is 99.2 Å². The van der Waals surface area contributed by atoms with Gasteiger partial charge in [-0.3, -0.25) is 14.3 Å². The van der Waals surface area contributed by atoms with E-state index in [4.69, 9.17) is 4.74 Å². The Labute approximate surface area is 174 Å². The average Bonchev–Trinajstić information content (AvgIpc) is 3.04. The maximum absolute atomic E-state index is 12.4. The van der Waals surface area contributed by atoms with E-state index in [9.17, 15) is 14.7 Å². The third-order valence-corrected chi connectivity index (χ3v) is 5.44. The largest absolute Gasteiger partial charge is 0.503 e.